The summed E-state index contributed by atoms with van der Waals surface area (Å²) in [5.74, 6) is 0.871. The molecule has 3 aromatic rings. The third-order valence-corrected chi connectivity index (χ3v) is 13.8. The van der Waals surface area contributed by atoms with Crippen LogP contribution in [0.1, 0.15) is 91.6 Å². The molecule has 0 spiro atoms. The summed E-state index contributed by atoms with van der Waals surface area (Å²) in [6, 6.07) is 11.8. The third kappa shape index (κ3) is 5.23. The average Bonchev–Trinajstić information content (AvgIpc) is 3.56. The summed E-state index contributed by atoms with van der Waals surface area (Å²) in [4.78, 5) is 45.0. The first kappa shape index (κ1) is 33.3. The molecule has 12 heteroatoms. The summed E-state index contributed by atoms with van der Waals surface area (Å²) in [6.45, 7) is 4.04. The number of amides is 3. The van der Waals surface area contributed by atoms with Crippen molar-refractivity contribution in [2.75, 3.05) is 40.8 Å². The molecule has 4 heterocycles. The van der Waals surface area contributed by atoms with Gasteiger partial charge in [-0.3, -0.25) is 14.4 Å². The average molecular weight is 702 g/mol. The van der Waals surface area contributed by atoms with E-state index in [0.717, 1.165) is 82.8 Å². The largest absolute Gasteiger partial charge is 0.497 e. The van der Waals surface area contributed by atoms with Gasteiger partial charge >= 0.3 is 10.2 Å². The highest BCUT2D eigenvalue weighted by Crippen LogP contribution is 2.66. The number of hydrogen-bond donors (Lipinski definition) is 1. The van der Waals surface area contributed by atoms with Crippen LogP contribution in [0.2, 0.25) is 0 Å². The Balaban J connectivity index is 1.28. The molecule has 0 bridgehead atoms. The molecule has 11 nitrogen and oxygen atoms in total. The molecule has 4 atom stereocenters. The van der Waals surface area contributed by atoms with E-state index in [1.165, 1.54) is 26.1 Å². The first-order valence-corrected chi connectivity index (χ1v) is 19.5. The van der Waals surface area contributed by atoms with Gasteiger partial charge in [0.25, 0.3) is 5.91 Å². The number of likely N-dealkylation sites (tertiary alicyclic amines) is 2. The van der Waals surface area contributed by atoms with Crippen LogP contribution in [0.4, 0.5) is 0 Å². The smallest absolute Gasteiger partial charge is 0.303 e. The second-order valence-electron chi connectivity index (χ2n) is 15.4. The number of ether oxygens (including phenoxy) is 1. The standard InChI is InChI=1S/C38H47N5O6S/c1-23(44)42-16-8-11-26-20-41(21-33(26)42)37(46)38-19-31(38)30-18-27(49-4)13-15-28(30)35-34(24-9-6-5-7-10-24)29-14-12-25(17-32(29)43(35)22-38)36(45)39-50(47,48)40(2)3/h12-15,17-18,24,26,31,33H,5-11,16,19-22H2,1-4H3,(H,39,45). The van der Waals surface area contributed by atoms with E-state index in [0.29, 0.717) is 32.0 Å². The van der Waals surface area contributed by atoms with Gasteiger partial charge in [0.05, 0.1) is 24.3 Å². The molecule has 5 aliphatic rings. The second-order valence-corrected chi connectivity index (χ2v) is 17.3. The Hall–Kier alpha value is -3.90. The first-order chi connectivity index (χ1) is 23.9. The Morgan fingerprint density at radius 2 is 1.76 bits per heavy atom. The Bertz CT molecular complexity index is 2020. The van der Waals surface area contributed by atoms with Crippen LogP contribution in [0.15, 0.2) is 36.4 Å². The quantitative estimate of drug-likeness (QED) is 0.392. The van der Waals surface area contributed by atoms with Crippen molar-refractivity contribution < 1.29 is 27.5 Å². The number of benzene rings is 2. The summed E-state index contributed by atoms with van der Waals surface area (Å²) in [6.07, 6.45) is 8.31. The number of carbonyl (C=O) groups excluding carboxylic acids is 3. The second kappa shape index (κ2) is 12.1. The van der Waals surface area contributed by atoms with E-state index in [2.05, 4.69) is 21.4 Å². The van der Waals surface area contributed by atoms with Gasteiger partial charge in [-0.1, -0.05) is 25.3 Å². The molecule has 3 amide bonds. The Morgan fingerprint density at radius 1 is 0.980 bits per heavy atom. The molecule has 2 saturated heterocycles. The highest BCUT2D eigenvalue weighted by atomic mass is 32.2. The maximum Gasteiger partial charge on any atom is 0.303 e. The minimum Gasteiger partial charge on any atom is -0.497 e. The van der Waals surface area contributed by atoms with Crippen molar-refractivity contribution in [3.05, 3.63) is 53.1 Å². The number of methoxy groups -OCH3 is 1. The van der Waals surface area contributed by atoms with Gasteiger partial charge < -0.3 is 19.1 Å². The Labute approximate surface area is 294 Å². The van der Waals surface area contributed by atoms with Crippen LogP contribution in [0.3, 0.4) is 0 Å². The predicted octanol–water partition coefficient (Wildman–Crippen LogP) is 4.86. The van der Waals surface area contributed by atoms with Crippen LogP contribution >= 0.6 is 0 Å². The number of rotatable bonds is 6. The van der Waals surface area contributed by atoms with Crippen LogP contribution in [-0.2, 0) is 26.3 Å². The van der Waals surface area contributed by atoms with E-state index < -0.39 is 21.5 Å². The fourth-order valence-electron chi connectivity index (χ4n) is 9.74. The lowest BCUT2D eigenvalue weighted by Crippen LogP contribution is -2.48. The lowest BCUT2D eigenvalue weighted by atomic mass is 9.81. The predicted molar refractivity (Wildman–Crippen MR) is 190 cm³/mol. The number of aromatic nitrogens is 1. The molecule has 3 aliphatic heterocycles. The lowest BCUT2D eigenvalue weighted by Gasteiger charge is -2.36. The highest BCUT2D eigenvalue weighted by molar-refractivity contribution is 7.87. The Morgan fingerprint density at radius 3 is 2.48 bits per heavy atom. The summed E-state index contributed by atoms with van der Waals surface area (Å²) in [5, 5.41) is 1.05. The molecule has 2 aromatic carbocycles. The molecule has 8 rings (SSSR count). The maximum atomic E-state index is 15.0. The number of carbonyl (C=O) groups is 3. The molecule has 1 N–H and O–H groups in total. The van der Waals surface area contributed by atoms with Crippen molar-refractivity contribution in [2.24, 2.45) is 11.3 Å². The molecule has 2 aliphatic carbocycles. The maximum absolute atomic E-state index is 15.0. The van der Waals surface area contributed by atoms with E-state index >= 15 is 0 Å². The minimum atomic E-state index is -3.99. The zero-order valence-corrected chi connectivity index (χ0v) is 30.2. The normalized spacial score (nSPS) is 26.1. The Kier molecular flexibility index (Phi) is 8.06. The van der Waals surface area contributed by atoms with Crippen LogP contribution < -0.4 is 9.46 Å². The van der Waals surface area contributed by atoms with Gasteiger partial charge in [0, 0.05) is 75.1 Å². The summed E-state index contributed by atoms with van der Waals surface area (Å²) >= 11 is 0. The van der Waals surface area contributed by atoms with E-state index in [1.54, 1.807) is 20.1 Å². The van der Waals surface area contributed by atoms with Crippen molar-refractivity contribution in [3.8, 4) is 17.0 Å². The van der Waals surface area contributed by atoms with Gasteiger partial charge in [0.2, 0.25) is 11.8 Å². The van der Waals surface area contributed by atoms with Crippen molar-refractivity contribution in [2.45, 2.75) is 82.7 Å². The molecule has 50 heavy (non-hydrogen) atoms. The van der Waals surface area contributed by atoms with Crippen molar-refractivity contribution in [3.63, 3.8) is 0 Å². The minimum absolute atomic E-state index is 0.00231. The first-order valence-electron chi connectivity index (χ1n) is 18.1. The summed E-state index contributed by atoms with van der Waals surface area (Å²) in [7, 11) is 0.437. The monoisotopic (exact) mass is 701 g/mol. The summed E-state index contributed by atoms with van der Waals surface area (Å²) in [5.41, 5.74) is 4.97. The molecule has 2 saturated carbocycles. The van der Waals surface area contributed by atoms with E-state index in [-0.39, 0.29) is 35.3 Å². The van der Waals surface area contributed by atoms with Crippen molar-refractivity contribution in [1.29, 1.82) is 0 Å². The molecular formula is C38H47N5O6S. The number of piperidine rings is 1. The van der Waals surface area contributed by atoms with Crippen LogP contribution in [0.5, 0.6) is 5.75 Å². The van der Waals surface area contributed by atoms with Gasteiger partial charge in [-0.05, 0) is 85.4 Å². The van der Waals surface area contributed by atoms with E-state index in [4.69, 9.17) is 4.74 Å². The number of nitrogens with zero attached hydrogens (tertiary/aromatic N) is 4. The third-order valence-electron chi connectivity index (χ3n) is 12.4. The van der Waals surface area contributed by atoms with Gasteiger partial charge in [-0.15, -0.1) is 0 Å². The summed E-state index contributed by atoms with van der Waals surface area (Å²) < 4.78 is 36.4. The van der Waals surface area contributed by atoms with Crippen LogP contribution in [0, 0.1) is 11.3 Å². The van der Waals surface area contributed by atoms with Gasteiger partial charge in [-0.25, -0.2) is 4.72 Å². The fraction of sp³-hybridized carbons (Fsp3) is 0.553. The zero-order chi connectivity index (χ0) is 35.1. The number of hydrogen-bond acceptors (Lipinski definition) is 6. The van der Waals surface area contributed by atoms with Crippen molar-refractivity contribution in [1.82, 2.24) is 23.4 Å². The number of fused-ring (bicyclic) bond motifs is 8. The molecule has 1 aromatic heterocycles. The SMILES string of the molecule is COc1ccc2c(c1)C1CC1(C(=O)N1CC3CCCN(C(C)=O)C3C1)Cn1c-2c(C2CCCCC2)c2ccc(C(=O)NS(=O)(=O)N(C)C)cc21. The number of nitrogens with one attached hydrogen (secondary N) is 1. The molecule has 4 unspecified atom stereocenters. The van der Waals surface area contributed by atoms with Crippen molar-refractivity contribution >= 4 is 38.8 Å². The lowest BCUT2D eigenvalue weighted by molar-refractivity contribution is -0.138. The van der Waals surface area contributed by atoms with Crippen LogP contribution in [0.25, 0.3) is 22.2 Å². The highest BCUT2D eigenvalue weighted by Gasteiger charge is 2.64. The van der Waals surface area contributed by atoms with E-state index in [1.807, 2.05) is 28.0 Å². The zero-order valence-electron chi connectivity index (χ0n) is 29.4. The van der Waals surface area contributed by atoms with Crippen LogP contribution in [-0.4, -0.2) is 91.7 Å². The molecule has 0 radical (unpaired) electrons. The van der Waals surface area contributed by atoms with Gasteiger partial charge in [-0.2, -0.15) is 12.7 Å². The van der Waals surface area contributed by atoms with Gasteiger partial charge in [0.15, 0.2) is 0 Å². The molecule has 266 valence electrons. The molecule has 4 fully saturated rings. The molecular weight excluding hydrogens is 655 g/mol. The topological polar surface area (TPSA) is 121 Å². The van der Waals surface area contributed by atoms with Gasteiger partial charge in [0.1, 0.15) is 5.75 Å². The fourth-order valence-corrected chi connectivity index (χ4v) is 10.3. The van der Waals surface area contributed by atoms with E-state index in [9.17, 15) is 22.8 Å².